The van der Waals surface area contributed by atoms with Gasteiger partial charge in [0.25, 0.3) is 0 Å². The quantitative estimate of drug-likeness (QED) is 0.632. The second-order valence-corrected chi connectivity index (χ2v) is 9.50. The average molecular weight is 450 g/mol. The molecule has 174 valence electrons. The van der Waals surface area contributed by atoms with E-state index in [2.05, 4.69) is 0 Å². The summed E-state index contributed by atoms with van der Waals surface area (Å²) in [7, 11) is -0.896. The summed E-state index contributed by atoms with van der Waals surface area (Å²) in [6.07, 6.45) is 0.793. The lowest BCUT2D eigenvalue weighted by Crippen LogP contribution is -2.54. The van der Waals surface area contributed by atoms with Crippen LogP contribution in [-0.4, -0.2) is 47.9 Å². The van der Waals surface area contributed by atoms with E-state index in [1.165, 1.54) is 9.71 Å². The van der Waals surface area contributed by atoms with E-state index in [1.807, 2.05) is 88.4 Å². The largest absolute Gasteiger partial charge is 0.601 e. The highest BCUT2D eigenvalue weighted by Crippen LogP contribution is 2.39. The first-order chi connectivity index (χ1) is 15.7. The number of hydrogen-bond acceptors (Lipinski definition) is 5. The average Bonchev–Trinajstić information content (AvgIpc) is 3.36. The number of amides is 2. The van der Waals surface area contributed by atoms with E-state index in [4.69, 9.17) is 14.0 Å². The Balaban J connectivity index is 1.55. The van der Waals surface area contributed by atoms with Gasteiger partial charge in [0.05, 0.1) is 11.2 Å². The summed E-state index contributed by atoms with van der Waals surface area (Å²) >= 11 is 0. The molecule has 2 aliphatic heterocycles. The topological polar surface area (TPSA) is 68.3 Å². The first-order valence-corrected chi connectivity index (χ1v) is 11.4. The Morgan fingerprint density at radius 3 is 2.18 bits per heavy atom. The number of carbonyl (C=O) groups is 2. The molecule has 7 nitrogen and oxygen atoms in total. The Hall–Kier alpha value is -2.84. The van der Waals surface area contributed by atoms with Crippen LogP contribution in [0.25, 0.3) is 0 Å². The monoisotopic (exact) mass is 450 g/mol. The molecule has 2 aromatic carbocycles. The molecule has 0 bridgehead atoms. The van der Waals surface area contributed by atoms with Gasteiger partial charge >= 0.3 is 13.3 Å². The van der Waals surface area contributed by atoms with Crippen LogP contribution in [-0.2, 0) is 25.4 Å². The number of ether oxygens (including phenoxy) is 1. The van der Waals surface area contributed by atoms with Crippen molar-refractivity contribution in [2.75, 3.05) is 11.4 Å². The number of anilines is 1. The summed E-state index contributed by atoms with van der Waals surface area (Å²) in [4.78, 5) is 29.8. The second kappa shape index (κ2) is 9.19. The zero-order chi connectivity index (χ0) is 23.6. The van der Waals surface area contributed by atoms with Crippen LogP contribution in [0.15, 0.2) is 60.7 Å². The molecule has 2 fully saturated rings. The molecule has 2 saturated heterocycles. The number of rotatable bonds is 5. The molecule has 2 heterocycles. The first-order valence-electron chi connectivity index (χ1n) is 11.4. The number of hydrogen-bond donors (Lipinski definition) is 0. The minimum atomic E-state index is -0.896. The summed E-state index contributed by atoms with van der Waals surface area (Å²) in [6.45, 7) is 8.42. The van der Waals surface area contributed by atoms with E-state index in [-0.39, 0.29) is 12.5 Å². The van der Waals surface area contributed by atoms with E-state index in [0.29, 0.717) is 18.7 Å². The molecule has 1 unspecified atom stereocenters. The maximum atomic E-state index is 13.9. The van der Waals surface area contributed by atoms with Gasteiger partial charge in [-0.15, -0.1) is 0 Å². The molecule has 2 aromatic rings. The Morgan fingerprint density at radius 1 is 1.00 bits per heavy atom. The molecule has 1 atom stereocenters. The predicted molar refractivity (Wildman–Crippen MR) is 126 cm³/mol. The van der Waals surface area contributed by atoms with Crippen molar-refractivity contribution in [3.63, 3.8) is 0 Å². The number of carbonyl (C=O) groups excluding carboxylic acids is 2. The molecule has 2 amide bonds. The van der Waals surface area contributed by atoms with Gasteiger partial charge in [0.15, 0.2) is 0 Å². The van der Waals surface area contributed by atoms with Crippen LogP contribution in [0.3, 0.4) is 0 Å². The van der Waals surface area contributed by atoms with Crippen LogP contribution < -0.4 is 4.81 Å². The fourth-order valence-corrected chi connectivity index (χ4v) is 4.06. The van der Waals surface area contributed by atoms with E-state index < -0.39 is 30.6 Å². The smallest absolute Gasteiger partial charge is 0.445 e. The summed E-state index contributed by atoms with van der Waals surface area (Å²) in [6, 6.07) is 18.2. The summed E-state index contributed by atoms with van der Waals surface area (Å²) in [5, 5.41) is 0. The molecular formula is C25H31BN2O5. The van der Waals surface area contributed by atoms with Gasteiger partial charge in [0.2, 0.25) is 5.91 Å². The second-order valence-electron chi connectivity index (χ2n) is 9.50. The van der Waals surface area contributed by atoms with Crippen molar-refractivity contribution < 1.29 is 23.6 Å². The van der Waals surface area contributed by atoms with Gasteiger partial charge in [-0.1, -0.05) is 48.5 Å². The highest BCUT2D eigenvalue weighted by atomic mass is 16.7. The van der Waals surface area contributed by atoms with Gasteiger partial charge in [-0.05, 0) is 58.2 Å². The van der Waals surface area contributed by atoms with Crippen molar-refractivity contribution in [3.05, 3.63) is 66.2 Å². The number of nitrogens with zero attached hydrogens (tertiary/aromatic N) is 2. The molecule has 2 aliphatic rings. The van der Waals surface area contributed by atoms with Gasteiger partial charge in [-0.2, -0.15) is 0 Å². The lowest BCUT2D eigenvalue weighted by Gasteiger charge is -2.32. The first kappa shape index (κ1) is 23.3. The van der Waals surface area contributed by atoms with Crippen molar-refractivity contribution in [2.45, 2.75) is 64.4 Å². The normalized spacial score (nSPS) is 21.2. The third-order valence-corrected chi connectivity index (χ3v) is 6.70. The standard InChI is InChI=1S/C25H31BN2O5/c1-24(2)25(3,4)33-26(32-24)28(20-14-9-6-10-15-20)22(29)21-16-11-17-27(21)23(30)31-18-19-12-7-5-8-13-19/h5-10,12-15,21H,11,16-18H2,1-4H3. The third-order valence-electron chi connectivity index (χ3n) is 6.70. The molecule has 0 N–H and O–H groups in total. The minimum absolute atomic E-state index is 0.163. The summed E-state index contributed by atoms with van der Waals surface area (Å²) < 4.78 is 17.9. The summed E-state index contributed by atoms with van der Waals surface area (Å²) in [5.41, 5.74) is 0.353. The molecule has 4 rings (SSSR count). The van der Waals surface area contributed by atoms with Crippen molar-refractivity contribution >= 4 is 24.9 Å². The number of likely N-dealkylation sites (tertiary alicyclic amines) is 1. The van der Waals surface area contributed by atoms with Crippen LogP contribution >= 0.6 is 0 Å². The van der Waals surface area contributed by atoms with E-state index in [0.717, 1.165) is 12.0 Å². The van der Waals surface area contributed by atoms with Gasteiger partial charge in [-0.25, -0.2) is 4.79 Å². The maximum absolute atomic E-state index is 13.9. The zero-order valence-corrected chi connectivity index (χ0v) is 19.7. The van der Waals surface area contributed by atoms with Crippen molar-refractivity contribution in [1.29, 1.82) is 0 Å². The van der Waals surface area contributed by atoms with Crippen LogP contribution in [0.1, 0.15) is 46.1 Å². The zero-order valence-electron chi connectivity index (χ0n) is 19.7. The molecule has 0 radical (unpaired) electrons. The van der Waals surface area contributed by atoms with E-state index in [9.17, 15) is 9.59 Å². The molecule has 33 heavy (non-hydrogen) atoms. The molecule has 0 saturated carbocycles. The van der Waals surface area contributed by atoms with Crippen LogP contribution in [0.4, 0.5) is 10.5 Å². The van der Waals surface area contributed by atoms with E-state index in [1.54, 1.807) is 0 Å². The van der Waals surface area contributed by atoms with Crippen molar-refractivity contribution in [2.24, 2.45) is 0 Å². The fourth-order valence-electron chi connectivity index (χ4n) is 4.06. The number of para-hydroxylation sites is 1. The van der Waals surface area contributed by atoms with Gasteiger partial charge in [-0.3, -0.25) is 9.69 Å². The van der Waals surface area contributed by atoms with Crippen LogP contribution in [0.5, 0.6) is 0 Å². The lowest BCUT2D eigenvalue weighted by molar-refractivity contribution is -0.121. The maximum Gasteiger partial charge on any atom is 0.601 e. The Morgan fingerprint density at radius 2 is 1.58 bits per heavy atom. The molecular weight excluding hydrogens is 419 g/mol. The lowest BCUT2D eigenvalue weighted by atomic mass is 9.90. The molecule has 0 aromatic heterocycles. The van der Waals surface area contributed by atoms with E-state index >= 15 is 0 Å². The van der Waals surface area contributed by atoms with Gasteiger partial charge in [0, 0.05) is 12.2 Å². The van der Waals surface area contributed by atoms with Crippen molar-refractivity contribution in [3.8, 4) is 0 Å². The van der Waals surface area contributed by atoms with Crippen molar-refractivity contribution in [1.82, 2.24) is 4.90 Å². The fraction of sp³-hybridized carbons (Fsp3) is 0.440. The van der Waals surface area contributed by atoms with Crippen LogP contribution in [0, 0.1) is 0 Å². The third kappa shape index (κ3) is 4.77. The molecule has 0 spiro atoms. The Kier molecular flexibility index (Phi) is 6.50. The summed E-state index contributed by atoms with van der Waals surface area (Å²) in [5.74, 6) is -0.242. The van der Waals surface area contributed by atoms with Gasteiger partial charge < -0.3 is 18.9 Å². The van der Waals surface area contributed by atoms with Crippen LogP contribution in [0.2, 0.25) is 0 Å². The SMILES string of the molecule is CC1(C)OB(N(C(=O)C2CCCN2C(=O)OCc2ccccc2)c2ccccc2)OC1(C)C. The molecule has 8 heteroatoms. The Bertz CT molecular complexity index is 967. The molecule has 0 aliphatic carbocycles. The van der Waals surface area contributed by atoms with Gasteiger partial charge in [0.1, 0.15) is 12.6 Å². The Labute approximate surface area is 195 Å². The minimum Gasteiger partial charge on any atom is -0.445 e. The highest BCUT2D eigenvalue weighted by molar-refractivity contribution is 6.57. The number of benzene rings is 2. The predicted octanol–water partition coefficient (Wildman–Crippen LogP) is 4.41. The highest BCUT2D eigenvalue weighted by Gasteiger charge is 2.56.